The summed E-state index contributed by atoms with van der Waals surface area (Å²) in [6.07, 6.45) is 8.46. The van der Waals surface area contributed by atoms with E-state index in [0.29, 0.717) is 12.4 Å². The highest BCUT2D eigenvalue weighted by Crippen LogP contribution is 2.20. The van der Waals surface area contributed by atoms with E-state index >= 15 is 0 Å². The van der Waals surface area contributed by atoms with Gasteiger partial charge in [-0.2, -0.15) is 0 Å². The quantitative estimate of drug-likeness (QED) is 0.443. The number of hydrogen-bond acceptors (Lipinski definition) is 5. The van der Waals surface area contributed by atoms with Gasteiger partial charge in [0.05, 0.1) is 32.0 Å². The predicted octanol–water partition coefficient (Wildman–Crippen LogP) is 4.39. The molecule has 24 heavy (non-hydrogen) atoms. The van der Waals surface area contributed by atoms with Crippen molar-refractivity contribution in [3.05, 3.63) is 29.3 Å². The number of hydrogen-bond donors (Lipinski definition) is 0. The van der Waals surface area contributed by atoms with Crippen LogP contribution in [-0.4, -0.2) is 32.8 Å². The average molecular weight is 336 g/mol. The summed E-state index contributed by atoms with van der Waals surface area (Å²) in [4.78, 5) is 23.5. The largest absolute Gasteiger partial charge is 0.494 e. The Labute approximate surface area is 144 Å². The van der Waals surface area contributed by atoms with Gasteiger partial charge in [-0.3, -0.25) is 0 Å². The van der Waals surface area contributed by atoms with Gasteiger partial charge in [-0.25, -0.2) is 9.59 Å². The highest BCUT2D eigenvalue weighted by atomic mass is 16.5. The molecule has 0 amide bonds. The summed E-state index contributed by atoms with van der Waals surface area (Å²) in [6.45, 7) is 2.80. The molecule has 5 heteroatoms. The minimum absolute atomic E-state index is 0.154. The molecule has 0 spiro atoms. The van der Waals surface area contributed by atoms with Gasteiger partial charge >= 0.3 is 11.9 Å². The summed E-state index contributed by atoms with van der Waals surface area (Å²) in [5.41, 5.74) is 0.328. The van der Waals surface area contributed by atoms with E-state index in [0.717, 1.165) is 12.8 Å². The van der Waals surface area contributed by atoms with E-state index in [1.165, 1.54) is 58.5 Å². The van der Waals surface area contributed by atoms with Gasteiger partial charge in [0.1, 0.15) is 5.75 Å². The van der Waals surface area contributed by atoms with Crippen LogP contribution in [0.1, 0.15) is 72.6 Å². The third kappa shape index (κ3) is 6.60. The van der Waals surface area contributed by atoms with Crippen LogP contribution in [0, 0.1) is 0 Å². The molecule has 0 aliphatic carbocycles. The monoisotopic (exact) mass is 336 g/mol. The molecular weight excluding hydrogens is 308 g/mol. The van der Waals surface area contributed by atoms with Crippen LogP contribution in [0.3, 0.4) is 0 Å². The van der Waals surface area contributed by atoms with E-state index in [2.05, 4.69) is 11.7 Å². The Morgan fingerprint density at radius 2 is 1.42 bits per heavy atom. The SMILES string of the molecule is CCCCCCCCCOc1ccc(C(=O)OC)c(C(=O)OC)c1. The molecule has 0 atom stereocenters. The van der Waals surface area contributed by atoms with Crippen LogP contribution < -0.4 is 4.74 Å². The predicted molar refractivity (Wildman–Crippen MR) is 92.6 cm³/mol. The van der Waals surface area contributed by atoms with Gasteiger partial charge in [0.15, 0.2) is 0 Å². The van der Waals surface area contributed by atoms with Gasteiger partial charge in [-0.1, -0.05) is 45.4 Å². The first kappa shape index (κ1) is 20.0. The fourth-order valence-corrected chi connectivity index (χ4v) is 2.43. The summed E-state index contributed by atoms with van der Waals surface area (Å²) in [6, 6.07) is 4.72. The molecule has 0 N–H and O–H groups in total. The van der Waals surface area contributed by atoms with E-state index in [4.69, 9.17) is 9.47 Å². The number of esters is 2. The van der Waals surface area contributed by atoms with Crippen molar-refractivity contribution in [2.24, 2.45) is 0 Å². The van der Waals surface area contributed by atoms with E-state index in [1.54, 1.807) is 6.07 Å². The van der Waals surface area contributed by atoms with Crippen molar-refractivity contribution in [3.8, 4) is 5.75 Å². The molecule has 0 unspecified atom stereocenters. The zero-order valence-corrected chi connectivity index (χ0v) is 14.9. The van der Waals surface area contributed by atoms with E-state index in [9.17, 15) is 9.59 Å². The molecule has 134 valence electrons. The smallest absolute Gasteiger partial charge is 0.338 e. The molecule has 5 nitrogen and oxygen atoms in total. The van der Waals surface area contributed by atoms with Gasteiger partial charge in [-0.15, -0.1) is 0 Å². The van der Waals surface area contributed by atoms with Crippen molar-refractivity contribution in [2.75, 3.05) is 20.8 Å². The highest BCUT2D eigenvalue weighted by molar-refractivity contribution is 6.03. The molecule has 0 aliphatic rings. The van der Waals surface area contributed by atoms with Crippen molar-refractivity contribution < 1.29 is 23.8 Å². The van der Waals surface area contributed by atoms with Crippen LogP contribution in [0.2, 0.25) is 0 Å². The first-order valence-corrected chi connectivity index (χ1v) is 8.57. The van der Waals surface area contributed by atoms with Crippen molar-refractivity contribution >= 4 is 11.9 Å². The molecule has 1 aromatic rings. The molecule has 0 saturated carbocycles. The maximum Gasteiger partial charge on any atom is 0.338 e. The Hall–Kier alpha value is -2.04. The standard InChI is InChI=1S/C19H28O5/c1-4-5-6-7-8-9-10-13-24-15-11-12-16(18(20)22-2)17(14-15)19(21)23-3/h11-12,14H,4-10,13H2,1-3H3. The van der Waals surface area contributed by atoms with Crippen molar-refractivity contribution in [3.63, 3.8) is 0 Å². The zero-order chi connectivity index (χ0) is 17.8. The lowest BCUT2D eigenvalue weighted by molar-refractivity contribution is 0.0555. The number of carbonyl (C=O) groups excluding carboxylic acids is 2. The molecule has 0 radical (unpaired) electrons. The second-order valence-corrected chi connectivity index (χ2v) is 5.66. The minimum Gasteiger partial charge on any atom is -0.494 e. The number of carbonyl (C=O) groups is 2. The molecule has 0 saturated heterocycles. The number of unbranched alkanes of at least 4 members (excludes halogenated alkanes) is 6. The van der Waals surface area contributed by atoms with Gasteiger partial charge in [0.25, 0.3) is 0 Å². The third-order valence-corrected chi connectivity index (χ3v) is 3.82. The summed E-state index contributed by atoms with van der Waals surface area (Å²) in [5.74, 6) is -0.611. The highest BCUT2D eigenvalue weighted by Gasteiger charge is 2.19. The lowest BCUT2D eigenvalue weighted by Crippen LogP contribution is -2.12. The van der Waals surface area contributed by atoms with Crippen LogP contribution >= 0.6 is 0 Å². The summed E-state index contributed by atoms with van der Waals surface area (Å²) in [7, 11) is 2.55. The van der Waals surface area contributed by atoms with Crippen LogP contribution in [0.15, 0.2) is 18.2 Å². The van der Waals surface area contributed by atoms with Crippen LogP contribution in [0.5, 0.6) is 5.75 Å². The van der Waals surface area contributed by atoms with Crippen molar-refractivity contribution in [1.29, 1.82) is 0 Å². The van der Waals surface area contributed by atoms with E-state index in [1.807, 2.05) is 0 Å². The Balaban J connectivity index is 2.51. The van der Waals surface area contributed by atoms with Crippen molar-refractivity contribution in [2.45, 2.75) is 51.9 Å². The Morgan fingerprint density at radius 1 is 0.833 bits per heavy atom. The first-order chi connectivity index (χ1) is 11.6. The Bertz CT molecular complexity index is 524. The average Bonchev–Trinajstić information content (AvgIpc) is 2.62. The molecule has 0 heterocycles. The van der Waals surface area contributed by atoms with Crippen LogP contribution in [0.25, 0.3) is 0 Å². The molecule has 1 rings (SSSR count). The number of methoxy groups -OCH3 is 2. The molecule has 1 aromatic carbocycles. The van der Waals surface area contributed by atoms with E-state index in [-0.39, 0.29) is 11.1 Å². The van der Waals surface area contributed by atoms with E-state index < -0.39 is 11.9 Å². The molecule has 0 aliphatic heterocycles. The van der Waals surface area contributed by atoms with Crippen LogP contribution in [-0.2, 0) is 9.47 Å². The maximum atomic E-state index is 11.8. The normalized spacial score (nSPS) is 10.3. The number of ether oxygens (including phenoxy) is 3. The number of benzene rings is 1. The molecule has 0 fully saturated rings. The van der Waals surface area contributed by atoms with Gasteiger partial charge in [0, 0.05) is 0 Å². The van der Waals surface area contributed by atoms with Gasteiger partial charge in [0.2, 0.25) is 0 Å². The third-order valence-electron chi connectivity index (χ3n) is 3.82. The zero-order valence-electron chi connectivity index (χ0n) is 14.9. The fraction of sp³-hybridized carbons (Fsp3) is 0.579. The van der Waals surface area contributed by atoms with Crippen molar-refractivity contribution in [1.82, 2.24) is 0 Å². The summed E-state index contributed by atoms with van der Waals surface area (Å²) in [5, 5.41) is 0. The molecular formula is C19H28O5. The second kappa shape index (κ2) is 11.5. The fourth-order valence-electron chi connectivity index (χ4n) is 2.43. The Morgan fingerprint density at radius 3 is 2.04 bits per heavy atom. The summed E-state index contributed by atoms with van der Waals surface area (Å²) < 4.78 is 15.1. The Kier molecular flexibility index (Phi) is 9.58. The second-order valence-electron chi connectivity index (χ2n) is 5.66. The minimum atomic E-state index is -0.586. The number of rotatable bonds is 11. The first-order valence-electron chi connectivity index (χ1n) is 8.57. The molecule has 0 aromatic heterocycles. The van der Waals surface area contributed by atoms with Gasteiger partial charge < -0.3 is 14.2 Å². The maximum absolute atomic E-state index is 11.8. The summed E-state index contributed by atoms with van der Waals surface area (Å²) >= 11 is 0. The molecule has 0 bridgehead atoms. The van der Waals surface area contributed by atoms with Gasteiger partial charge in [-0.05, 0) is 24.6 Å². The lowest BCUT2D eigenvalue weighted by Gasteiger charge is -2.10. The topological polar surface area (TPSA) is 61.8 Å². The lowest BCUT2D eigenvalue weighted by atomic mass is 10.1. The van der Waals surface area contributed by atoms with Crippen LogP contribution in [0.4, 0.5) is 0 Å².